The van der Waals surface area contributed by atoms with Crippen molar-refractivity contribution in [2.75, 3.05) is 13.1 Å². The summed E-state index contributed by atoms with van der Waals surface area (Å²) in [6, 6.07) is 2.51. The van der Waals surface area contributed by atoms with Crippen molar-refractivity contribution in [3.05, 3.63) is 63.9 Å². The Morgan fingerprint density at radius 3 is 2.52 bits per heavy atom. The molecule has 3 N–H and O–H groups in total. The zero-order valence-corrected chi connectivity index (χ0v) is 16.7. The van der Waals surface area contributed by atoms with Crippen molar-refractivity contribution in [3.8, 4) is 0 Å². The molecule has 2 heterocycles. The Labute approximate surface area is 178 Å². The molecule has 31 heavy (non-hydrogen) atoms. The van der Waals surface area contributed by atoms with Crippen LogP contribution in [0.15, 0.2) is 30.5 Å². The Balaban J connectivity index is 2.28. The van der Waals surface area contributed by atoms with Crippen molar-refractivity contribution in [3.63, 3.8) is 0 Å². The summed E-state index contributed by atoms with van der Waals surface area (Å²) in [6.07, 6.45) is -3.92. The highest BCUT2D eigenvalue weighted by molar-refractivity contribution is 6.31. The van der Waals surface area contributed by atoms with Crippen LogP contribution in [0.4, 0.5) is 26.7 Å². The van der Waals surface area contributed by atoms with E-state index in [1.807, 2.05) is 0 Å². The molecule has 1 saturated heterocycles. The fourth-order valence-corrected chi connectivity index (χ4v) is 3.93. The number of nitrogens with one attached hydrogen (secondary N) is 1. The van der Waals surface area contributed by atoms with Crippen LogP contribution in [0, 0.1) is 11.6 Å². The topological polar surface area (TPSA) is 88.3 Å². The lowest BCUT2D eigenvalue weighted by Crippen LogP contribution is -2.68. The summed E-state index contributed by atoms with van der Waals surface area (Å²) >= 11 is 5.70. The molecule has 166 valence electrons. The Morgan fingerprint density at radius 1 is 1.29 bits per heavy atom. The fourth-order valence-electron chi connectivity index (χ4n) is 3.76. The monoisotopic (exact) mass is 462 g/mol. The molecule has 0 radical (unpaired) electrons. The van der Waals surface area contributed by atoms with Crippen LogP contribution in [0.25, 0.3) is 0 Å². The molecule has 1 aromatic heterocycles. The van der Waals surface area contributed by atoms with Crippen molar-refractivity contribution in [1.82, 2.24) is 15.2 Å². The second-order valence-corrected chi connectivity index (χ2v) is 7.44. The van der Waals surface area contributed by atoms with E-state index in [4.69, 9.17) is 17.3 Å². The highest BCUT2D eigenvalue weighted by Gasteiger charge is 2.52. The van der Waals surface area contributed by atoms with Gasteiger partial charge in [0.15, 0.2) is 0 Å². The predicted molar refractivity (Wildman–Crippen MR) is 100 cm³/mol. The third-order valence-electron chi connectivity index (χ3n) is 5.26. The molecule has 3 amide bonds. The van der Waals surface area contributed by atoms with Gasteiger partial charge in [0.2, 0.25) is 5.91 Å². The number of hydrogen-bond donors (Lipinski definition) is 2. The van der Waals surface area contributed by atoms with Gasteiger partial charge >= 0.3 is 12.2 Å². The summed E-state index contributed by atoms with van der Waals surface area (Å²) in [5.74, 6) is -4.44. The lowest BCUT2D eigenvalue weighted by atomic mass is 9.73. The summed E-state index contributed by atoms with van der Waals surface area (Å²) < 4.78 is 67.6. The molecule has 2 aromatic rings. The second kappa shape index (κ2) is 7.95. The summed E-state index contributed by atoms with van der Waals surface area (Å²) in [5, 5.41) is 1.67. The summed E-state index contributed by atoms with van der Waals surface area (Å²) in [6.45, 7) is 1.30. The SMILES string of the molecule is CC1([C@@H](c2ccc(C(F)(F)F)nc2)c2ccc(F)c(Cl)c2F)C(=O)NCCN1C(N)=O. The number of aromatic nitrogens is 1. The van der Waals surface area contributed by atoms with Gasteiger partial charge in [0.05, 0.1) is 0 Å². The van der Waals surface area contributed by atoms with Gasteiger partial charge in [0.25, 0.3) is 0 Å². The fraction of sp³-hybridized carbons (Fsp3) is 0.316. The van der Waals surface area contributed by atoms with E-state index in [9.17, 15) is 27.2 Å². The van der Waals surface area contributed by atoms with Gasteiger partial charge in [-0.05, 0) is 24.6 Å². The molecule has 0 bridgehead atoms. The molecule has 1 aliphatic rings. The first-order valence-corrected chi connectivity index (χ1v) is 9.28. The van der Waals surface area contributed by atoms with E-state index in [2.05, 4.69) is 10.3 Å². The van der Waals surface area contributed by atoms with E-state index in [1.54, 1.807) is 0 Å². The summed E-state index contributed by atoms with van der Waals surface area (Å²) in [5.41, 5.74) is 1.98. The molecular weight excluding hydrogens is 447 g/mol. The molecule has 12 heteroatoms. The lowest BCUT2D eigenvalue weighted by molar-refractivity contribution is -0.141. The van der Waals surface area contributed by atoms with Gasteiger partial charge in [-0.1, -0.05) is 23.7 Å². The van der Waals surface area contributed by atoms with Crippen molar-refractivity contribution >= 4 is 23.5 Å². The molecule has 0 spiro atoms. The largest absolute Gasteiger partial charge is 0.433 e. The van der Waals surface area contributed by atoms with Crippen molar-refractivity contribution < 1.29 is 31.5 Å². The van der Waals surface area contributed by atoms with Crippen LogP contribution in [-0.4, -0.2) is 40.5 Å². The smallest absolute Gasteiger partial charge is 0.352 e. The van der Waals surface area contributed by atoms with Crippen molar-refractivity contribution in [2.24, 2.45) is 5.73 Å². The number of nitrogens with two attached hydrogens (primary N) is 1. The molecular formula is C19H16ClF5N4O2. The maximum absolute atomic E-state index is 15.0. The minimum absolute atomic E-state index is 0.0413. The van der Waals surface area contributed by atoms with Gasteiger partial charge in [0.1, 0.15) is 27.9 Å². The van der Waals surface area contributed by atoms with Gasteiger partial charge < -0.3 is 16.0 Å². The van der Waals surface area contributed by atoms with Gasteiger partial charge in [-0.3, -0.25) is 9.78 Å². The van der Waals surface area contributed by atoms with Crippen LogP contribution in [0.1, 0.15) is 29.7 Å². The van der Waals surface area contributed by atoms with Gasteiger partial charge in [-0.15, -0.1) is 0 Å². The molecule has 0 aliphatic carbocycles. The number of urea groups is 1. The minimum Gasteiger partial charge on any atom is -0.352 e. The molecule has 1 aromatic carbocycles. The minimum atomic E-state index is -4.73. The quantitative estimate of drug-likeness (QED) is 0.541. The van der Waals surface area contributed by atoms with Gasteiger partial charge in [-0.25, -0.2) is 13.6 Å². The van der Waals surface area contributed by atoms with Crippen LogP contribution in [0.2, 0.25) is 5.02 Å². The summed E-state index contributed by atoms with van der Waals surface area (Å²) in [4.78, 5) is 29.4. The first-order valence-electron chi connectivity index (χ1n) is 8.91. The van der Waals surface area contributed by atoms with Crippen molar-refractivity contribution in [2.45, 2.75) is 24.6 Å². The number of halogens is 6. The molecule has 1 fully saturated rings. The van der Waals surface area contributed by atoms with Crippen LogP contribution in [0.5, 0.6) is 0 Å². The lowest BCUT2D eigenvalue weighted by Gasteiger charge is -2.47. The highest BCUT2D eigenvalue weighted by atomic mass is 35.5. The van der Waals surface area contributed by atoms with Crippen LogP contribution in [-0.2, 0) is 11.0 Å². The van der Waals surface area contributed by atoms with Gasteiger partial charge in [0, 0.05) is 30.8 Å². The number of piperazine rings is 1. The molecule has 0 saturated carbocycles. The molecule has 6 nitrogen and oxygen atoms in total. The first-order chi connectivity index (χ1) is 14.4. The van der Waals surface area contributed by atoms with Crippen LogP contribution >= 0.6 is 11.6 Å². The van der Waals surface area contributed by atoms with Crippen LogP contribution < -0.4 is 11.1 Å². The Hall–Kier alpha value is -2.95. The van der Waals surface area contributed by atoms with Crippen LogP contribution in [0.3, 0.4) is 0 Å². The number of rotatable bonds is 3. The number of alkyl halides is 3. The van der Waals surface area contributed by atoms with E-state index in [1.165, 1.54) is 6.92 Å². The highest BCUT2D eigenvalue weighted by Crippen LogP contribution is 2.43. The summed E-state index contributed by atoms with van der Waals surface area (Å²) in [7, 11) is 0. The third kappa shape index (κ3) is 3.89. The number of nitrogens with zero attached hydrogens (tertiary/aromatic N) is 2. The standard InChI is InChI=1S/C19H16ClF5N4O2/c1-18(16(30)27-6-7-29(18)17(26)31)13(10-3-4-11(21)14(20)15(10)22)9-2-5-12(28-8-9)19(23,24)25/h2-5,8,13H,6-7H2,1H3,(H2,26,31)(H,27,30)/t13-,18?/m0/s1. The third-order valence-corrected chi connectivity index (χ3v) is 5.60. The second-order valence-electron chi connectivity index (χ2n) is 7.07. The molecule has 2 atom stereocenters. The number of amides is 3. The molecule has 1 unspecified atom stereocenters. The molecule has 3 rings (SSSR count). The average Bonchev–Trinajstić information content (AvgIpc) is 2.70. The maximum atomic E-state index is 15.0. The Kier molecular flexibility index (Phi) is 5.83. The number of carbonyl (C=O) groups is 2. The van der Waals surface area contributed by atoms with Crippen molar-refractivity contribution in [1.29, 1.82) is 0 Å². The Bertz CT molecular complexity index is 1030. The number of benzene rings is 1. The number of hydrogen-bond acceptors (Lipinski definition) is 3. The van der Waals surface area contributed by atoms with E-state index >= 15 is 4.39 Å². The zero-order valence-electron chi connectivity index (χ0n) is 15.9. The normalized spacial score (nSPS) is 20.4. The number of primary amides is 1. The predicted octanol–water partition coefficient (Wildman–Crippen LogP) is 3.43. The Morgan fingerprint density at radius 2 is 1.97 bits per heavy atom. The number of pyridine rings is 1. The van der Waals surface area contributed by atoms with E-state index in [-0.39, 0.29) is 24.2 Å². The number of carbonyl (C=O) groups excluding carboxylic acids is 2. The van der Waals surface area contributed by atoms with Gasteiger partial charge in [-0.2, -0.15) is 13.2 Å². The molecule has 1 aliphatic heterocycles. The average molecular weight is 463 g/mol. The van der Waals surface area contributed by atoms with E-state index in [0.29, 0.717) is 6.07 Å². The maximum Gasteiger partial charge on any atom is 0.433 e. The zero-order chi connectivity index (χ0) is 23.1. The van der Waals surface area contributed by atoms with E-state index < -0.39 is 51.9 Å². The van der Waals surface area contributed by atoms with E-state index in [0.717, 1.165) is 29.3 Å². The first kappa shape index (κ1) is 22.7.